The second-order valence-electron chi connectivity index (χ2n) is 6.30. The number of hydrogen-bond acceptors (Lipinski definition) is 2. The second kappa shape index (κ2) is 5.25. The van der Waals surface area contributed by atoms with Crippen LogP contribution in [0.4, 0.5) is 0 Å². The summed E-state index contributed by atoms with van der Waals surface area (Å²) in [7, 11) is 7.84. The number of likely N-dealkylation sites (tertiary alicyclic amines) is 2. The van der Waals surface area contributed by atoms with E-state index in [9.17, 15) is 4.79 Å². The van der Waals surface area contributed by atoms with Gasteiger partial charge in [0.25, 0.3) is 0 Å². The molecule has 1 amide bonds. The zero-order valence-corrected chi connectivity index (χ0v) is 12.1. The van der Waals surface area contributed by atoms with Crippen molar-refractivity contribution in [3.8, 4) is 0 Å². The third-order valence-electron chi connectivity index (χ3n) is 4.90. The predicted molar refractivity (Wildman–Crippen MR) is 81.0 cm³/mol. The van der Waals surface area contributed by atoms with Crippen LogP contribution in [0.1, 0.15) is 24.8 Å². The van der Waals surface area contributed by atoms with Gasteiger partial charge in [-0.1, -0.05) is 29.7 Å². The molecule has 1 aromatic rings. The number of nitrogens with zero attached hydrogens (tertiary/aromatic N) is 2. The minimum absolute atomic E-state index is 0.0691. The first-order chi connectivity index (χ1) is 9.59. The molecule has 1 aromatic carbocycles. The summed E-state index contributed by atoms with van der Waals surface area (Å²) >= 11 is 0. The van der Waals surface area contributed by atoms with Crippen molar-refractivity contribution in [1.29, 1.82) is 0 Å². The molecule has 2 fully saturated rings. The molecule has 0 bridgehead atoms. The smallest absolute Gasteiger partial charge is 0.229 e. The highest BCUT2D eigenvalue weighted by Gasteiger charge is 2.47. The first-order valence-corrected chi connectivity index (χ1v) is 7.41. The molecule has 20 heavy (non-hydrogen) atoms. The SMILES string of the molecule is [B]c1ccc(CN2CCC3(CCN(C)CC3)C2=O)cc1. The van der Waals surface area contributed by atoms with Crippen LogP contribution in [0.2, 0.25) is 0 Å². The van der Waals surface area contributed by atoms with E-state index in [1.54, 1.807) is 0 Å². The number of carbonyl (C=O) groups is 1. The van der Waals surface area contributed by atoms with Crippen LogP contribution in [-0.4, -0.2) is 50.2 Å². The summed E-state index contributed by atoms with van der Waals surface area (Å²) in [5, 5.41) is 0. The van der Waals surface area contributed by atoms with Gasteiger partial charge in [-0.05, 0) is 45.0 Å². The lowest BCUT2D eigenvalue weighted by atomic mass is 9.77. The molecule has 2 aliphatic rings. The highest BCUT2D eigenvalue weighted by Crippen LogP contribution is 2.41. The van der Waals surface area contributed by atoms with Crippen molar-refractivity contribution in [2.45, 2.75) is 25.8 Å². The minimum Gasteiger partial charge on any atom is -0.338 e. The second-order valence-corrected chi connectivity index (χ2v) is 6.30. The third-order valence-corrected chi connectivity index (χ3v) is 4.90. The van der Waals surface area contributed by atoms with Gasteiger partial charge in [-0.15, -0.1) is 0 Å². The van der Waals surface area contributed by atoms with Gasteiger partial charge in [0.15, 0.2) is 0 Å². The van der Waals surface area contributed by atoms with Gasteiger partial charge in [0, 0.05) is 13.1 Å². The van der Waals surface area contributed by atoms with Crippen LogP contribution in [0.15, 0.2) is 24.3 Å². The lowest BCUT2D eigenvalue weighted by Gasteiger charge is -2.36. The Morgan fingerprint density at radius 3 is 2.35 bits per heavy atom. The van der Waals surface area contributed by atoms with Gasteiger partial charge >= 0.3 is 0 Å². The van der Waals surface area contributed by atoms with Gasteiger partial charge in [-0.3, -0.25) is 4.79 Å². The lowest BCUT2D eigenvalue weighted by Crippen LogP contribution is -2.43. The van der Waals surface area contributed by atoms with E-state index in [1.807, 2.05) is 29.2 Å². The Morgan fingerprint density at radius 1 is 1.10 bits per heavy atom. The molecule has 0 saturated carbocycles. The minimum atomic E-state index is -0.0691. The monoisotopic (exact) mass is 268 g/mol. The number of hydrogen-bond donors (Lipinski definition) is 0. The molecule has 0 N–H and O–H groups in total. The zero-order chi connectivity index (χ0) is 14.2. The van der Waals surface area contributed by atoms with Crippen molar-refractivity contribution < 1.29 is 4.79 Å². The van der Waals surface area contributed by atoms with Gasteiger partial charge in [-0.25, -0.2) is 0 Å². The normalized spacial score (nSPS) is 22.6. The number of rotatable bonds is 2. The summed E-state index contributed by atoms with van der Waals surface area (Å²) in [6.45, 7) is 3.70. The maximum Gasteiger partial charge on any atom is 0.229 e. The van der Waals surface area contributed by atoms with Gasteiger partial charge in [0.2, 0.25) is 5.91 Å². The van der Waals surface area contributed by atoms with E-state index in [-0.39, 0.29) is 5.41 Å². The van der Waals surface area contributed by atoms with E-state index in [0.29, 0.717) is 5.91 Å². The Hall–Kier alpha value is -1.29. The Morgan fingerprint density at radius 2 is 1.70 bits per heavy atom. The molecule has 0 aliphatic carbocycles. The zero-order valence-electron chi connectivity index (χ0n) is 12.1. The van der Waals surface area contributed by atoms with Crippen molar-refractivity contribution in [2.24, 2.45) is 5.41 Å². The van der Waals surface area contributed by atoms with Crippen LogP contribution in [0.25, 0.3) is 0 Å². The van der Waals surface area contributed by atoms with Gasteiger partial charge in [0.1, 0.15) is 7.85 Å². The van der Waals surface area contributed by atoms with Crippen molar-refractivity contribution in [1.82, 2.24) is 9.80 Å². The molecular weight excluding hydrogens is 247 g/mol. The molecule has 2 aliphatic heterocycles. The molecule has 1 spiro atoms. The van der Waals surface area contributed by atoms with Crippen molar-refractivity contribution in [2.75, 3.05) is 26.7 Å². The van der Waals surface area contributed by atoms with Crippen LogP contribution >= 0.6 is 0 Å². The number of amides is 1. The van der Waals surface area contributed by atoms with E-state index in [0.717, 1.165) is 56.5 Å². The Balaban J connectivity index is 1.68. The molecule has 4 heteroatoms. The number of piperidine rings is 1. The molecule has 3 rings (SSSR count). The average molecular weight is 268 g/mol. The average Bonchev–Trinajstić information content (AvgIpc) is 2.74. The van der Waals surface area contributed by atoms with Crippen molar-refractivity contribution in [3.05, 3.63) is 29.8 Å². The van der Waals surface area contributed by atoms with E-state index in [4.69, 9.17) is 7.85 Å². The Bertz CT molecular complexity index is 492. The fourth-order valence-corrected chi connectivity index (χ4v) is 3.40. The predicted octanol–water partition coefficient (Wildman–Crippen LogP) is 0.925. The summed E-state index contributed by atoms with van der Waals surface area (Å²) in [4.78, 5) is 17.1. The van der Waals surface area contributed by atoms with Crippen molar-refractivity contribution in [3.63, 3.8) is 0 Å². The fraction of sp³-hybridized carbons (Fsp3) is 0.562. The molecule has 0 unspecified atom stereocenters. The standard InChI is InChI=1S/C16H21BN2O/c1-18-9-6-16(7-10-18)8-11-19(15(16)20)12-13-2-4-14(17)5-3-13/h2-5H,6-12H2,1H3. The molecule has 3 nitrogen and oxygen atoms in total. The van der Waals surface area contributed by atoms with Crippen LogP contribution in [0, 0.1) is 5.41 Å². The molecule has 0 aromatic heterocycles. The van der Waals surface area contributed by atoms with Crippen molar-refractivity contribution >= 4 is 19.2 Å². The summed E-state index contributed by atoms with van der Waals surface area (Å²) in [5.74, 6) is 0.363. The lowest BCUT2D eigenvalue weighted by molar-refractivity contribution is -0.138. The first kappa shape index (κ1) is 13.7. The maximum atomic E-state index is 12.7. The molecule has 2 saturated heterocycles. The third kappa shape index (κ3) is 2.49. The van der Waals surface area contributed by atoms with E-state index in [1.165, 1.54) is 0 Å². The van der Waals surface area contributed by atoms with E-state index >= 15 is 0 Å². The molecule has 104 valence electrons. The van der Waals surface area contributed by atoms with Crippen LogP contribution < -0.4 is 5.46 Å². The van der Waals surface area contributed by atoms with Gasteiger partial charge < -0.3 is 9.80 Å². The Labute approximate surface area is 122 Å². The highest BCUT2D eigenvalue weighted by atomic mass is 16.2. The highest BCUT2D eigenvalue weighted by molar-refractivity contribution is 6.32. The number of carbonyl (C=O) groups excluding carboxylic acids is 1. The molecule has 2 radical (unpaired) electrons. The largest absolute Gasteiger partial charge is 0.338 e. The fourth-order valence-electron chi connectivity index (χ4n) is 3.40. The van der Waals surface area contributed by atoms with Gasteiger partial charge in [-0.2, -0.15) is 0 Å². The number of benzene rings is 1. The maximum absolute atomic E-state index is 12.7. The summed E-state index contributed by atoms with van der Waals surface area (Å²) in [6, 6.07) is 7.84. The van der Waals surface area contributed by atoms with E-state index < -0.39 is 0 Å². The van der Waals surface area contributed by atoms with Crippen LogP contribution in [0.3, 0.4) is 0 Å². The van der Waals surface area contributed by atoms with Crippen LogP contribution in [0.5, 0.6) is 0 Å². The van der Waals surface area contributed by atoms with Crippen LogP contribution in [-0.2, 0) is 11.3 Å². The quantitative estimate of drug-likeness (QED) is 0.745. The summed E-state index contributed by atoms with van der Waals surface area (Å²) in [5.41, 5.74) is 1.87. The van der Waals surface area contributed by atoms with Gasteiger partial charge in [0.05, 0.1) is 5.41 Å². The first-order valence-electron chi connectivity index (χ1n) is 7.41. The molecule has 0 atom stereocenters. The topological polar surface area (TPSA) is 23.6 Å². The van der Waals surface area contributed by atoms with E-state index in [2.05, 4.69) is 11.9 Å². The Kier molecular flexibility index (Phi) is 3.59. The summed E-state index contributed by atoms with van der Waals surface area (Å²) in [6.07, 6.45) is 3.05. The molecular formula is C16H21BN2O. The summed E-state index contributed by atoms with van der Waals surface area (Å²) < 4.78 is 0. The molecule has 2 heterocycles.